The number of benzene rings is 3. The lowest BCUT2D eigenvalue weighted by Crippen LogP contribution is -2.22. The average molecular weight is 401 g/mol. The number of hydrogen-bond acceptors (Lipinski definition) is 4. The number of fused-ring (bicyclic) bond motifs is 1. The number of pyridine rings is 1. The molecule has 0 aliphatic rings. The van der Waals surface area contributed by atoms with Crippen molar-refractivity contribution >= 4 is 34.3 Å². The molecule has 0 saturated carbocycles. The van der Waals surface area contributed by atoms with E-state index in [1.165, 1.54) is 11.8 Å². The Bertz CT molecular complexity index is 1110. The second-order valence-corrected chi connectivity index (χ2v) is 7.90. The lowest BCUT2D eigenvalue weighted by Gasteiger charge is -2.13. The number of amides is 1. The number of aromatic nitrogens is 1. The predicted molar refractivity (Wildman–Crippen MR) is 119 cm³/mol. The van der Waals surface area contributed by atoms with Gasteiger partial charge in [0.2, 0.25) is 5.91 Å². The highest BCUT2D eigenvalue weighted by Gasteiger charge is 2.16. The Hall–Kier alpha value is -3.31. The molecule has 1 atom stereocenters. The summed E-state index contributed by atoms with van der Waals surface area (Å²) in [6, 6.07) is 26.9. The number of para-hydroxylation sites is 2. The van der Waals surface area contributed by atoms with Gasteiger partial charge in [-0.1, -0.05) is 36.4 Å². The van der Waals surface area contributed by atoms with E-state index in [4.69, 9.17) is 4.74 Å². The number of ether oxygens (including phenoxy) is 1. The summed E-state index contributed by atoms with van der Waals surface area (Å²) in [7, 11) is 0. The largest absolute Gasteiger partial charge is 0.457 e. The van der Waals surface area contributed by atoms with Gasteiger partial charge in [-0.15, -0.1) is 11.8 Å². The van der Waals surface area contributed by atoms with Gasteiger partial charge in [0, 0.05) is 22.2 Å². The van der Waals surface area contributed by atoms with Gasteiger partial charge in [0.15, 0.2) is 0 Å². The van der Waals surface area contributed by atoms with Crippen LogP contribution >= 0.6 is 11.8 Å². The fraction of sp³-hybridized carbons (Fsp3) is 0.0833. The van der Waals surface area contributed by atoms with Gasteiger partial charge < -0.3 is 10.1 Å². The SMILES string of the molecule is CC(Sc1cccc2cccnc12)C(=O)Nc1ccc(Oc2ccccc2)cc1. The Morgan fingerprint density at radius 2 is 1.62 bits per heavy atom. The van der Waals surface area contributed by atoms with Crippen molar-refractivity contribution in [2.24, 2.45) is 0 Å². The Balaban J connectivity index is 1.39. The molecule has 0 radical (unpaired) electrons. The molecule has 0 bridgehead atoms. The normalized spacial score (nSPS) is 11.8. The van der Waals surface area contributed by atoms with Gasteiger partial charge >= 0.3 is 0 Å². The highest BCUT2D eigenvalue weighted by atomic mass is 32.2. The Morgan fingerprint density at radius 1 is 0.897 bits per heavy atom. The fourth-order valence-electron chi connectivity index (χ4n) is 2.89. The first kappa shape index (κ1) is 19.0. The Labute approximate surface area is 173 Å². The first-order chi connectivity index (χ1) is 14.2. The van der Waals surface area contributed by atoms with Crippen molar-refractivity contribution in [1.29, 1.82) is 0 Å². The van der Waals surface area contributed by atoms with Gasteiger partial charge in [-0.3, -0.25) is 9.78 Å². The quantitative estimate of drug-likeness (QED) is 0.395. The zero-order valence-corrected chi connectivity index (χ0v) is 16.7. The van der Waals surface area contributed by atoms with Crippen LogP contribution in [0.3, 0.4) is 0 Å². The number of nitrogens with zero attached hydrogens (tertiary/aromatic N) is 1. The molecule has 1 amide bonds. The number of carbonyl (C=O) groups excluding carboxylic acids is 1. The molecule has 1 aromatic heterocycles. The molecule has 5 heteroatoms. The van der Waals surface area contributed by atoms with Crippen LogP contribution in [0.15, 0.2) is 96.0 Å². The summed E-state index contributed by atoms with van der Waals surface area (Å²) in [5, 5.41) is 3.77. The van der Waals surface area contributed by atoms with E-state index in [0.717, 1.165) is 33.0 Å². The van der Waals surface area contributed by atoms with Crippen molar-refractivity contribution in [2.75, 3.05) is 5.32 Å². The number of anilines is 1. The highest BCUT2D eigenvalue weighted by Crippen LogP contribution is 2.30. The van der Waals surface area contributed by atoms with Crippen LogP contribution in [0.25, 0.3) is 10.9 Å². The van der Waals surface area contributed by atoms with Crippen LogP contribution in [0.2, 0.25) is 0 Å². The summed E-state index contributed by atoms with van der Waals surface area (Å²) in [6.45, 7) is 1.90. The van der Waals surface area contributed by atoms with E-state index in [9.17, 15) is 4.79 Å². The summed E-state index contributed by atoms with van der Waals surface area (Å²) in [5.74, 6) is 1.44. The van der Waals surface area contributed by atoms with Crippen molar-refractivity contribution in [3.63, 3.8) is 0 Å². The van der Waals surface area contributed by atoms with Crippen LogP contribution in [-0.4, -0.2) is 16.1 Å². The average Bonchev–Trinajstić information content (AvgIpc) is 2.76. The number of rotatable bonds is 6. The number of thioether (sulfide) groups is 1. The third-order valence-corrected chi connectivity index (χ3v) is 5.52. The Morgan fingerprint density at radius 3 is 2.41 bits per heavy atom. The Kier molecular flexibility index (Phi) is 5.77. The zero-order chi connectivity index (χ0) is 20.1. The van der Waals surface area contributed by atoms with Crippen molar-refractivity contribution in [3.8, 4) is 11.5 Å². The maximum absolute atomic E-state index is 12.6. The third-order valence-electron chi connectivity index (χ3n) is 4.37. The molecule has 0 aliphatic carbocycles. The molecular weight excluding hydrogens is 380 g/mol. The summed E-state index contributed by atoms with van der Waals surface area (Å²) in [5.41, 5.74) is 1.65. The zero-order valence-electron chi connectivity index (χ0n) is 15.9. The summed E-state index contributed by atoms with van der Waals surface area (Å²) in [4.78, 5) is 18.1. The topological polar surface area (TPSA) is 51.2 Å². The molecule has 29 heavy (non-hydrogen) atoms. The monoisotopic (exact) mass is 400 g/mol. The molecule has 0 spiro atoms. The van der Waals surface area contributed by atoms with Crippen molar-refractivity contribution in [1.82, 2.24) is 4.98 Å². The minimum Gasteiger partial charge on any atom is -0.457 e. The first-order valence-corrected chi connectivity index (χ1v) is 10.2. The lowest BCUT2D eigenvalue weighted by molar-refractivity contribution is -0.115. The smallest absolute Gasteiger partial charge is 0.237 e. The number of carbonyl (C=O) groups is 1. The molecule has 1 N–H and O–H groups in total. The minimum atomic E-state index is -0.261. The molecule has 144 valence electrons. The van der Waals surface area contributed by atoms with Gasteiger partial charge in [-0.2, -0.15) is 0 Å². The minimum absolute atomic E-state index is 0.0559. The van der Waals surface area contributed by atoms with E-state index < -0.39 is 0 Å². The summed E-state index contributed by atoms with van der Waals surface area (Å²) >= 11 is 1.51. The van der Waals surface area contributed by atoms with Crippen LogP contribution in [0.1, 0.15) is 6.92 Å². The van der Waals surface area contributed by atoms with Crippen LogP contribution in [0.5, 0.6) is 11.5 Å². The molecular formula is C24H20N2O2S. The fourth-order valence-corrected chi connectivity index (χ4v) is 3.88. The highest BCUT2D eigenvalue weighted by molar-refractivity contribution is 8.00. The van der Waals surface area contributed by atoms with E-state index >= 15 is 0 Å². The van der Waals surface area contributed by atoms with Gasteiger partial charge in [-0.05, 0) is 55.5 Å². The molecule has 0 fully saturated rings. The summed E-state index contributed by atoms with van der Waals surface area (Å²) < 4.78 is 5.78. The van der Waals surface area contributed by atoms with Crippen molar-refractivity contribution in [2.45, 2.75) is 17.1 Å². The second-order valence-electron chi connectivity index (χ2n) is 6.52. The van der Waals surface area contributed by atoms with Crippen LogP contribution in [0, 0.1) is 0 Å². The maximum Gasteiger partial charge on any atom is 0.237 e. The van der Waals surface area contributed by atoms with Crippen LogP contribution < -0.4 is 10.1 Å². The molecule has 1 unspecified atom stereocenters. The predicted octanol–water partition coefficient (Wildman–Crippen LogP) is 6.15. The molecule has 0 saturated heterocycles. The van der Waals surface area contributed by atoms with E-state index in [0.29, 0.717) is 0 Å². The number of hydrogen-bond donors (Lipinski definition) is 1. The van der Waals surface area contributed by atoms with Crippen molar-refractivity contribution < 1.29 is 9.53 Å². The number of nitrogens with one attached hydrogen (secondary N) is 1. The first-order valence-electron chi connectivity index (χ1n) is 9.33. The van der Waals surface area contributed by atoms with Crippen LogP contribution in [0.4, 0.5) is 5.69 Å². The van der Waals surface area contributed by atoms with E-state index in [1.54, 1.807) is 6.20 Å². The van der Waals surface area contributed by atoms with Crippen molar-refractivity contribution in [3.05, 3.63) is 91.1 Å². The lowest BCUT2D eigenvalue weighted by atomic mass is 10.2. The molecule has 0 aliphatic heterocycles. The molecule has 4 rings (SSSR count). The molecule has 3 aromatic carbocycles. The second kappa shape index (κ2) is 8.80. The van der Waals surface area contributed by atoms with Gasteiger partial charge in [0.25, 0.3) is 0 Å². The van der Waals surface area contributed by atoms with Gasteiger partial charge in [0.1, 0.15) is 11.5 Å². The third kappa shape index (κ3) is 4.76. The van der Waals surface area contributed by atoms with E-state index in [2.05, 4.69) is 10.3 Å². The molecule has 4 nitrogen and oxygen atoms in total. The standard InChI is InChI=1S/C24H20N2O2S/c1-17(29-22-11-5-7-18-8-6-16-25-23(18)22)24(27)26-19-12-14-21(15-13-19)28-20-9-3-2-4-10-20/h2-17H,1H3,(H,26,27). The maximum atomic E-state index is 12.6. The van der Waals surface area contributed by atoms with Gasteiger partial charge in [-0.25, -0.2) is 0 Å². The molecule has 1 heterocycles. The van der Waals surface area contributed by atoms with Crippen LogP contribution in [-0.2, 0) is 4.79 Å². The van der Waals surface area contributed by atoms with E-state index in [-0.39, 0.29) is 11.2 Å². The van der Waals surface area contributed by atoms with E-state index in [1.807, 2.05) is 91.9 Å². The molecule has 4 aromatic rings. The summed E-state index contributed by atoms with van der Waals surface area (Å²) in [6.07, 6.45) is 1.77. The van der Waals surface area contributed by atoms with Gasteiger partial charge in [0.05, 0.1) is 10.8 Å².